The molecule has 0 aromatic heterocycles. The summed E-state index contributed by atoms with van der Waals surface area (Å²) in [5.74, 6) is 0.218. The molecule has 6 heteroatoms. The first-order valence-electron chi connectivity index (χ1n) is 8.57. The Labute approximate surface area is 166 Å². The van der Waals surface area contributed by atoms with Gasteiger partial charge in [-0.1, -0.05) is 48.0 Å². The number of amides is 1. The van der Waals surface area contributed by atoms with E-state index < -0.39 is 0 Å². The molecule has 1 heterocycles. The van der Waals surface area contributed by atoms with Gasteiger partial charge in [0.2, 0.25) is 5.91 Å². The van der Waals surface area contributed by atoms with Crippen molar-refractivity contribution in [1.82, 2.24) is 4.90 Å². The molecule has 1 aliphatic rings. The van der Waals surface area contributed by atoms with Crippen LogP contribution in [-0.2, 0) is 4.79 Å². The van der Waals surface area contributed by atoms with E-state index in [9.17, 15) is 4.79 Å². The Hall–Kier alpha value is -1.59. The number of nitrogens with one attached hydrogen (secondary N) is 1. The van der Waals surface area contributed by atoms with E-state index in [0.29, 0.717) is 11.6 Å². The number of hydrogen-bond acceptors (Lipinski definition) is 3. The third-order valence-electron chi connectivity index (χ3n) is 5.01. The number of halogens is 2. The number of hydrogen-bond donors (Lipinski definition) is 2. The van der Waals surface area contributed by atoms with Gasteiger partial charge < -0.3 is 11.1 Å². The molecule has 3 N–H and O–H groups in total. The Morgan fingerprint density at radius 2 is 1.92 bits per heavy atom. The molecule has 0 saturated carbocycles. The molecule has 0 aliphatic carbocycles. The molecule has 2 aromatic rings. The minimum atomic E-state index is -0.252. The molecule has 2 aromatic carbocycles. The molecule has 1 aliphatic heterocycles. The number of benzene rings is 2. The second kappa shape index (κ2) is 8.87. The fourth-order valence-corrected chi connectivity index (χ4v) is 3.53. The second-order valence-corrected chi connectivity index (χ2v) is 7.20. The van der Waals surface area contributed by atoms with Gasteiger partial charge in [-0.25, -0.2) is 0 Å². The zero-order valence-electron chi connectivity index (χ0n) is 15.0. The van der Waals surface area contributed by atoms with Crippen LogP contribution in [0, 0.1) is 6.92 Å². The van der Waals surface area contributed by atoms with Crippen molar-refractivity contribution >= 4 is 35.6 Å². The number of rotatable bonds is 4. The number of aryl methyl sites for hydroxylation is 1. The van der Waals surface area contributed by atoms with Crippen molar-refractivity contribution in [2.45, 2.75) is 31.8 Å². The monoisotopic (exact) mass is 393 g/mol. The molecule has 1 saturated heterocycles. The maximum atomic E-state index is 12.7. The van der Waals surface area contributed by atoms with Gasteiger partial charge in [-0.2, -0.15) is 0 Å². The standard InChI is InChI=1S/C20H24ClN3O.ClH/c1-13-8-9-16(21)10-19(13)23-20(25)14(2)24-11-17(18(22)12-24)15-6-4-3-5-7-15;/h3-10,14,17-18H,11-12,22H2,1-2H3,(H,23,25);1H/t14?,17-,18+;/m0./s1. The van der Waals surface area contributed by atoms with E-state index in [0.717, 1.165) is 17.8 Å². The van der Waals surface area contributed by atoms with Gasteiger partial charge in [0.15, 0.2) is 0 Å². The third-order valence-corrected chi connectivity index (χ3v) is 5.24. The van der Waals surface area contributed by atoms with E-state index in [4.69, 9.17) is 17.3 Å². The Morgan fingerprint density at radius 1 is 1.23 bits per heavy atom. The highest BCUT2D eigenvalue weighted by molar-refractivity contribution is 6.31. The van der Waals surface area contributed by atoms with Crippen LogP contribution >= 0.6 is 24.0 Å². The maximum Gasteiger partial charge on any atom is 0.241 e. The highest BCUT2D eigenvalue weighted by atomic mass is 35.5. The number of likely N-dealkylation sites (tertiary alicyclic amines) is 1. The summed E-state index contributed by atoms with van der Waals surface area (Å²) >= 11 is 6.03. The van der Waals surface area contributed by atoms with E-state index in [1.807, 2.05) is 44.2 Å². The molecule has 0 radical (unpaired) electrons. The molecule has 3 atom stereocenters. The fraction of sp³-hybridized carbons (Fsp3) is 0.350. The van der Waals surface area contributed by atoms with Gasteiger partial charge in [0, 0.05) is 35.8 Å². The molecule has 1 amide bonds. The zero-order valence-corrected chi connectivity index (χ0v) is 16.6. The highest BCUT2D eigenvalue weighted by Gasteiger charge is 2.35. The Bertz CT molecular complexity index is 754. The van der Waals surface area contributed by atoms with Crippen LogP contribution in [0.2, 0.25) is 5.02 Å². The van der Waals surface area contributed by atoms with Crippen molar-refractivity contribution < 1.29 is 4.79 Å². The topological polar surface area (TPSA) is 58.4 Å². The molecular weight excluding hydrogens is 369 g/mol. The van der Waals surface area contributed by atoms with Gasteiger partial charge >= 0.3 is 0 Å². The van der Waals surface area contributed by atoms with Crippen LogP contribution in [-0.4, -0.2) is 36.0 Å². The van der Waals surface area contributed by atoms with Crippen molar-refractivity contribution in [3.8, 4) is 0 Å². The van der Waals surface area contributed by atoms with Crippen LogP contribution in [0.3, 0.4) is 0 Å². The van der Waals surface area contributed by atoms with Crippen molar-refractivity contribution in [2.24, 2.45) is 5.73 Å². The average Bonchev–Trinajstić information content (AvgIpc) is 3.00. The van der Waals surface area contributed by atoms with E-state index in [2.05, 4.69) is 22.3 Å². The minimum absolute atomic E-state index is 0. The lowest BCUT2D eigenvalue weighted by Gasteiger charge is -2.24. The Kier molecular flexibility index (Phi) is 7.07. The maximum absolute atomic E-state index is 12.7. The summed E-state index contributed by atoms with van der Waals surface area (Å²) in [4.78, 5) is 14.8. The molecule has 3 rings (SSSR count). The zero-order chi connectivity index (χ0) is 18.0. The van der Waals surface area contributed by atoms with E-state index in [1.54, 1.807) is 6.07 Å². The number of anilines is 1. The van der Waals surface area contributed by atoms with Crippen LogP contribution in [0.4, 0.5) is 5.69 Å². The third kappa shape index (κ3) is 4.57. The van der Waals surface area contributed by atoms with Crippen molar-refractivity contribution in [3.63, 3.8) is 0 Å². The minimum Gasteiger partial charge on any atom is -0.326 e. The number of carbonyl (C=O) groups excluding carboxylic acids is 1. The average molecular weight is 394 g/mol. The van der Waals surface area contributed by atoms with E-state index in [1.165, 1.54) is 5.56 Å². The van der Waals surface area contributed by atoms with Gasteiger partial charge in [0.1, 0.15) is 0 Å². The van der Waals surface area contributed by atoms with Gasteiger partial charge in [-0.3, -0.25) is 9.69 Å². The lowest BCUT2D eigenvalue weighted by molar-refractivity contribution is -0.120. The van der Waals surface area contributed by atoms with Gasteiger partial charge in [-0.15, -0.1) is 12.4 Å². The molecular formula is C20H25Cl2N3O. The fourth-order valence-electron chi connectivity index (χ4n) is 3.36. The van der Waals surface area contributed by atoms with Crippen LogP contribution in [0.15, 0.2) is 48.5 Å². The first kappa shape index (κ1) is 20.7. The lowest BCUT2D eigenvalue weighted by atomic mass is 9.95. The predicted molar refractivity (Wildman–Crippen MR) is 110 cm³/mol. The van der Waals surface area contributed by atoms with Crippen LogP contribution in [0.1, 0.15) is 24.0 Å². The number of nitrogens with zero attached hydrogens (tertiary/aromatic N) is 1. The van der Waals surface area contributed by atoms with Crippen molar-refractivity contribution in [2.75, 3.05) is 18.4 Å². The smallest absolute Gasteiger partial charge is 0.241 e. The van der Waals surface area contributed by atoms with Crippen LogP contribution < -0.4 is 11.1 Å². The largest absolute Gasteiger partial charge is 0.326 e. The van der Waals surface area contributed by atoms with Crippen molar-refractivity contribution in [1.29, 1.82) is 0 Å². The molecule has 0 bridgehead atoms. The normalized spacial score (nSPS) is 21.1. The summed E-state index contributed by atoms with van der Waals surface area (Å²) < 4.78 is 0. The first-order chi connectivity index (χ1) is 12.0. The summed E-state index contributed by atoms with van der Waals surface area (Å²) in [7, 11) is 0. The SMILES string of the molecule is Cc1ccc(Cl)cc1NC(=O)C(C)N1C[C@@H](N)[C@H](c2ccccc2)C1.Cl. The summed E-state index contributed by atoms with van der Waals surface area (Å²) in [5.41, 5.74) is 9.33. The second-order valence-electron chi connectivity index (χ2n) is 6.76. The van der Waals surface area contributed by atoms with E-state index >= 15 is 0 Å². The quantitative estimate of drug-likeness (QED) is 0.829. The predicted octanol–water partition coefficient (Wildman–Crippen LogP) is 3.82. The van der Waals surface area contributed by atoms with Gasteiger partial charge in [-0.05, 0) is 37.1 Å². The van der Waals surface area contributed by atoms with Gasteiger partial charge in [0.25, 0.3) is 0 Å². The summed E-state index contributed by atoms with van der Waals surface area (Å²) in [6, 6.07) is 15.6. The Morgan fingerprint density at radius 3 is 2.62 bits per heavy atom. The summed E-state index contributed by atoms with van der Waals surface area (Å²) in [6.07, 6.45) is 0. The molecule has 26 heavy (non-hydrogen) atoms. The molecule has 4 nitrogen and oxygen atoms in total. The highest BCUT2D eigenvalue weighted by Crippen LogP contribution is 2.28. The van der Waals surface area contributed by atoms with Crippen LogP contribution in [0.5, 0.6) is 0 Å². The molecule has 1 unspecified atom stereocenters. The lowest BCUT2D eigenvalue weighted by Crippen LogP contribution is -2.41. The number of carbonyl (C=O) groups is 1. The molecule has 0 spiro atoms. The van der Waals surface area contributed by atoms with Crippen molar-refractivity contribution in [3.05, 3.63) is 64.7 Å². The molecule has 1 fully saturated rings. The Balaban J connectivity index is 0.00000243. The first-order valence-corrected chi connectivity index (χ1v) is 8.95. The molecule has 140 valence electrons. The summed E-state index contributed by atoms with van der Waals surface area (Å²) in [6.45, 7) is 5.38. The summed E-state index contributed by atoms with van der Waals surface area (Å²) in [5, 5.41) is 3.60. The van der Waals surface area contributed by atoms with E-state index in [-0.39, 0.29) is 36.3 Å². The van der Waals surface area contributed by atoms with Crippen LogP contribution in [0.25, 0.3) is 0 Å². The van der Waals surface area contributed by atoms with Gasteiger partial charge in [0.05, 0.1) is 6.04 Å². The number of nitrogens with two attached hydrogens (primary N) is 1.